The summed E-state index contributed by atoms with van der Waals surface area (Å²) < 4.78 is 26.3. The first kappa shape index (κ1) is 27.4. The van der Waals surface area contributed by atoms with Crippen LogP contribution in [0.2, 0.25) is 0 Å². The third kappa shape index (κ3) is 8.17. The predicted molar refractivity (Wildman–Crippen MR) is 137 cm³/mol. The number of unbranched alkanes of at least 4 members (excludes halogenated alkanes) is 1. The van der Waals surface area contributed by atoms with Gasteiger partial charge < -0.3 is 10.2 Å². The molecule has 2 amide bonds. The Balaban J connectivity index is 2.26. The SMILES string of the molecule is CCCCNC(=O)[C@H](C)N(CCc1ccccc1)C(=O)CN(c1ccc(CC)cc1)S(C)(=O)=O. The molecule has 0 spiro atoms. The van der Waals surface area contributed by atoms with Crippen molar-refractivity contribution in [3.63, 3.8) is 0 Å². The van der Waals surface area contributed by atoms with Crippen molar-refractivity contribution in [1.82, 2.24) is 10.2 Å². The Labute approximate surface area is 204 Å². The zero-order valence-electron chi connectivity index (χ0n) is 20.7. The molecule has 0 bridgehead atoms. The van der Waals surface area contributed by atoms with Gasteiger partial charge in [-0.1, -0.05) is 62.7 Å². The van der Waals surface area contributed by atoms with E-state index in [2.05, 4.69) is 5.32 Å². The maximum atomic E-state index is 13.4. The second kappa shape index (κ2) is 13.1. The number of nitrogens with zero attached hydrogens (tertiary/aromatic N) is 2. The van der Waals surface area contributed by atoms with Gasteiger partial charge in [0.1, 0.15) is 12.6 Å². The lowest BCUT2D eigenvalue weighted by molar-refractivity contribution is -0.138. The van der Waals surface area contributed by atoms with Crippen LogP contribution in [0, 0.1) is 0 Å². The molecule has 186 valence electrons. The summed E-state index contributed by atoms with van der Waals surface area (Å²) in [5, 5.41) is 2.88. The number of nitrogens with one attached hydrogen (secondary N) is 1. The summed E-state index contributed by atoms with van der Waals surface area (Å²) in [5.41, 5.74) is 2.54. The lowest BCUT2D eigenvalue weighted by atomic mass is 10.1. The van der Waals surface area contributed by atoms with Gasteiger partial charge in [0.25, 0.3) is 0 Å². The first-order valence-corrected chi connectivity index (χ1v) is 13.7. The van der Waals surface area contributed by atoms with Gasteiger partial charge in [-0.15, -0.1) is 0 Å². The number of benzene rings is 2. The van der Waals surface area contributed by atoms with Crippen molar-refractivity contribution >= 4 is 27.5 Å². The van der Waals surface area contributed by atoms with Gasteiger partial charge in [0, 0.05) is 13.1 Å². The summed E-state index contributed by atoms with van der Waals surface area (Å²) in [6, 6.07) is 16.1. The first-order chi connectivity index (χ1) is 16.2. The van der Waals surface area contributed by atoms with Crippen LogP contribution in [0.4, 0.5) is 5.69 Å². The normalized spacial score (nSPS) is 12.1. The lowest BCUT2D eigenvalue weighted by Crippen LogP contribution is -2.52. The summed E-state index contributed by atoms with van der Waals surface area (Å²) in [7, 11) is -3.71. The highest BCUT2D eigenvalue weighted by Gasteiger charge is 2.29. The number of hydrogen-bond donors (Lipinski definition) is 1. The number of rotatable bonds is 13. The third-order valence-corrected chi connectivity index (χ3v) is 6.93. The number of carbonyl (C=O) groups is 2. The number of sulfonamides is 1. The van der Waals surface area contributed by atoms with Gasteiger partial charge in [-0.3, -0.25) is 13.9 Å². The van der Waals surface area contributed by atoms with E-state index in [9.17, 15) is 18.0 Å². The monoisotopic (exact) mass is 487 g/mol. The number of aryl methyl sites for hydroxylation is 1. The molecule has 1 N–H and O–H groups in total. The van der Waals surface area contributed by atoms with Gasteiger partial charge in [0.05, 0.1) is 11.9 Å². The zero-order valence-corrected chi connectivity index (χ0v) is 21.5. The molecule has 8 heteroatoms. The van der Waals surface area contributed by atoms with E-state index < -0.39 is 22.0 Å². The summed E-state index contributed by atoms with van der Waals surface area (Å²) in [6.07, 6.45) is 4.28. The van der Waals surface area contributed by atoms with Crippen molar-refractivity contribution in [2.75, 3.05) is 30.2 Å². The number of amides is 2. The molecule has 2 aromatic carbocycles. The molecule has 2 rings (SSSR count). The van der Waals surface area contributed by atoms with Crippen molar-refractivity contribution in [3.05, 3.63) is 65.7 Å². The molecule has 0 aliphatic heterocycles. The van der Waals surface area contributed by atoms with Crippen LogP contribution >= 0.6 is 0 Å². The van der Waals surface area contributed by atoms with Crippen molar-refractivity contribution in [1.29, 1.82) is 0 Å². The molecule has 0 heterocycles. The molecule has 34 heavy (non-hydrogen) atoms. The molecular weight excluding hydrogens is 450 g/mol. The number of carbonyl (C=O) groups excluding carboxylic acids is 2. The molecule has 0 saturated heterocycles. The van der Waals surface area contributed by atoms with Crippen LogP contribution in [0.25, 0.3) is 0 Å². The Kier molecular flexibility index (Phi) is 10.6. The predicted octanol–water partition coefficient (Wildman–Crippen LogP) is 3.39. The van der Waals surface area contributed by atoms with Gasteiger partial charge in [-0.2, -0.15) is 0 Å². The minimum absolute atomic E-state index is 0.243. The van der Waals surface area contributed by atoms with Crippen molar-refractivity contribution in [2.45, 2.75) is 52.5 Å². The number of hydrogen-bond acceptors (Lipinski definition) is 4. The van der Waals surface area contributed by atoms with Gasteiger partial charge in [0.2, 0.25) is 21.8 Å². The molecule has 0 saturated carbocycles. The van der Waals surface area contributed by atoms with Gasteiger partial charge in [0.15, 0.2) is 0 Å². The highest BCUT2D eigenvalue weighted by atomic mass is 32.2. The van der Waals surface area contributed by atoms with Crippen LogP contribution in [-0.4, -0.2) is 57.1 Å². The maximum absolute atomic E-state index is 13.4. The van der Waals surface area contributed by atoms with Crippen LogP contribution in [0.5, 0.6) is 0 Å². The van der Waals surface area contributed by atoms with E-state index in [1.54, 1.807) is 19.1 Å². The molecule has 2 aromatic rings. The molecule has 1 atom stereocenters. The Hall–Kier alpha value is -2.87. The standard InChI is InChI=1S/C26H37N3O4S/c1-5-7-18-27-26(31)21(3)28(19-17-23-11-9-8-10-12-23)25(30)20-29(34(4,32)33)24-15-13-22(6-2)14-16-24/h8-16,21H,5-7,17-20H2,1-4H3,(H,27,31)/t21-/m0/s1. The van der Waals surface area contributed by atoms with Gasteiger partial charge >= 0.3 is 0 Å². The second-order valence-electron chi connectivity index (χ2n) is 8.43. The van der Waals surface area contributed by atoms with Crippen LogP contribution < -0.4 is 9.62 Å². The maximum Gasteiger partial charge on any atom is 0.244 e. The van der Waals surface area contributed by atoms with E-state index in [1.165, 1.54) is 4.90 Å². The van der Waals surface area contributed by atoms with Gasteiger partial charge in [-0.05, 0) is 49.4 Å². The average molecular weight is 488 g/mol. The molecule has 0 aromatic heterocycles. The summed E-state index contributed by atoms with van der Waals surface area (Å²) in [6.45, 7) is 6.22. The summed E-state index contributed by atoms with van der Waals surface area (Å²) in [5.74, 6) is -0.660. The molecule has 0 aliphatic carbocycles. The highest BCUT2D eigenvalue weighted by molar-refractivity contribution is 7.92. The quantitative estimate of drug-likeness (QED) is 0.439. The Morgan fingerprint density at radius 1 is 0.971 bits per heavy atom. The molecule has 7 nitrogen and oxygen atoms in total. The summed E-state index contributed by atoms with van der Waals surface area (Å²) in [4.78, 5) is 27.7. The topological polar surface area (TPSA) is 86.8 Å². The Morgan fingerprint density at radius 3 is 2.18 bits per heavy atom. The van der Waals surface area contributed by atoms with Crippen LogP contribution in [0.1, 0.15) is 44.7 Å². The second-order valence-corrected chi connectivity index (χ2v) is 10.3. The smallest absolute Gasteiger partial charge is 0.244 e. The molecule has 0 fully saturated rings. The van der Waals surface area contributed by atoms with E-state index >= 15 is 0 Å². The fraction of sp³-hybridized carbons (Fsp3) is 0.462. The van der Waals surface area contributed by atoms with Crippen LogP contribution in [0.3, 0.4) is 0 Å². The van der Waals surface area contributed by atoms with E-state index in [0.29, 0.717) is 25.2 Å². The number of anilines is 1. The van der Waals surface area contributed by atoms with Crippen LogP contribution in [-0.2, 0) is 32.5 Å². The van der Waals surface area contributed by atoms with E-state index in [0.717, 1.165) is 41.0 Å². The van der Waals surface area contributed by atoms with Crippen molar-refractivity contribution in [3.8, 4) is 0 Å². The largest absolute Gasteiger partial charge is 0.354 e. The van der Waals surface area contributed by atoms with E-state index in [-0.39, 0.29) is 12.5 Å². The van der Waals surface area contributed by atoms with Gasteiger partial charge in [-0.25, -0.2) is 8.42 Å². The highest BCUT2D eigenvalue weighted by Crippen LogP contribution is 2.19. The zero-order chi connectivity index (χ0) is 25.1. The lowest BCUT2D eigenvalue weighted by Gasteiger charge is -2.31. The first-order valence-electron chi connectivity index (χ1n) is 11.8. The van der Waals surface area contributed by atoms with E-state index in [4.69, 9.17) is 0 Å². The molecular formula is C26H37N3O4S. The Morgan fingerprint density at radius 2 is 1.62 bits per heavy atom. The minimum Gasteiger partial charge on any atom is -0.354 e. The molecule has 0 radical (unpaired) electrons. The van der Waals surface area contributed by atoms with Crippen LogP contribution in [0.15, 0.2) is 54.6 Å². The third-order valence-electron chi connectivity index (χ3n) is 5.79. The fourth-order valence-corrected chi connectivity index (χ4v) is 4.47. The fourth-order valence-electron chi connectivity index (χ4n) is 3.62. The Bertz CT molecular complexity index is 1020. The van der Waals surface area contributed by atoms with E-state index in [1.807, 2.05) is 56.3 Å². The minimum atomic E-state index is -3.71. The molecule has 0 unspecified atom stereocenters. The molecule has 0 aliphatic rings. The summed E-state index contributed by atoms with van der Waals surface area (Å²) >= 11 is 0. The van der Waals surface area contributed by atoms with Crippen molar-refractivity contribution in [2.24, 2.45) is 0 Å². The average Bonchev–Trinajstić information content (AvgIpc) is 2.82. The van der Waals surface area contributed by atoms with Crippen molar-refractivity contribution < 1.29 is 18.0 Å².